The van der Waals surface area contributed by atoms with Gasteiger partial charge >= 0.3 is 0 Å². The molecule has 0 aliphatic carbocycles. The van der Waals surface area contributed by atoms with Gasteiger partial charge in [-0.1, -0.05) is 13.3 Å². The summed E-state index contributed by atoms with van der Waals surface area (Å²) in [6.45, 7) is 2.58. The van der Waals surface area contributed by atoms with Gasteiger partial charge in [0.1, 0.15) is 6.04 Å². The molecule has 0 bridgehead atoms. The van der Waals surface area contributed by atoms with Crippen LogP contribution >= 0.6 is 0 Å². The van der Waals surface area contributed by atoms with Gasteiger partial charge in [-0.15, -0.1) is 0 Å². The molecule has 1 heterocycles. The third kappa shape index (κ3) is 3.54. The van der Waals surface area contributed by atoms with Crippen molar-refractivity contribution in [2.24, 2.45) is 0 Å². The van der Waals surface area contributed by atoms with Crippen molar-refractivity contribution in [1.29, 1.82) is 0 Å². The minimum atomic E-state index is -0.431. The van der Waals surface area contributed by atoms with Gasteiger partial charge in [-0.05, 0) is 30.7 Å². The Morgan fingerprint density at radius 1 is 1.24 bits per heavy atom. The molecule has 0 spiro atoms. The molecule has 1 atom stereocenters. The van der Waals surface area contributed by atoms with Crippen molar-refractivity contribution >= 4 is 23.2 Å². The predicted octanol–water partition coefficient (Wildman–Crippen LogP) is 2.09. The van der Waals surface area contributed by atoms with Gasteiger partial charge in [0, 0.05) is 32.0 Å². The Kier molecular flexibility index (Phi) is 4.83. The molecule has 0 saturated carbocycles. The van der Waals surface area contributed by atoms with Gasteiger partial charge in [0.05, 0.1) is 6.42 Å². The summed E-state index contributed by atoms with van der Waals surface area (Å²) < 4.78 is 0. The van der Waals surface area contributed by atoms with E-state index >= 15 is 0 Å². The Balaban J connectivity index is 2.00. The van der Waals surface area contributed by atoms with Gasteiger partial charge < -0.3 is 10.2 Å². The zero-order valence-electron chi connectivity index (χ0n) is 12.9. The van der Waals surface area contributed by atoms with Crippen LogP contribution in [0.3, 0.4) is 0 Å². The largest absolute Gasteiger partial charge is 0.378 e. The lowest BCUT2D eigenvalue weighted by Gasteiger charge is -2.17. The van der Waals surface area contributed by atoms with Crippen LogP contribution in [0.4, 0.5) is 11.4 Å². The molecule has 1 fully saturated rings. The first-order chi connectivity index (χ1) is 10.0. The SMILES string of the molecule is CCCCN1C(=O)C[C@H](Nc2ccc(N(C)C)cc2)C1=O. The number of amides is 2. The molecule has 1 saturated heterocycles. The summed E-state index contributed by atoms with van der Waals surface area (Å²) in [6.07, 6.45) is 2.08. The normalized spacial score (nSPS) is 18.2. The number of likely N-dealkylation sites (tertiary alicyclic amines) is 1. The van der Waals surface area contributed by atoms with E-state index in [2.05, 4.69) is 5.32 Å². The monoisotopic (exact) mass is 289 g/mol. The van der Waals surface area contributed by atoms with E-state index in [0.29, 0.717) is 6.54 Å². The van der Waals surface area contributed by atoms with Gasteiger partial charge in [-0.2, -0.15) is 0 Å². The van der Waals surface area contributed by atoms with E-state index in [1.807, 2.05) is 50.2 Å². The van der Waals surface area contributed by atoms with Crippen LogP contribution in [0.5, 0.6) is 0 Å². The average molecular weight is 289 g/mol. The zero-order valence-corrected chi connectivity index (χ0v) is 12.9. The molecule has 5 nitrogen and oxygen atoms in total. The molecule has 1 aromatic carbocycles. The first-order valence-corrected chi connectivity index (χ1v) is 7.41. The van der Waals surface area contributed by atoms with Crippen molar-refractivity contribution in [2.75, 3.05) is 30.9 Å². The average Bonchev–Trinajstić information content (AvgIpc) is 2.72. The Hall–Kier alpha value is -2.04. The molecule has 1 aliphatic rings. The van der Waals surface area contributed by atoms with Crippen molar-refractivity contribution in [3.8, 4) is 0 Å². The fraction of sp³-hybridized carbons (Fsp3) is 0.500. The van der Waals surface area contributed by atoms with Gasteiger partial charge in [0.2, 0.25) is 5.91 Å². The molecular weight excluding hydrogens is 266 g/mol. The van der Waals surface area contributed by atoms with E-state index in [1.165, 1.54) is 4.90 Å². The predicted molar refractivity (Wildman–Crippen MR) is 84.4 cm³/mol. The molecule has 114 valence electrons. The summed E-state index contributed by atoms with van der Waals surface area (Å²) >= 11 is 0. The van der Waals surface area contributed by atoms with E-state index in [0.717, 1.165) is 24.2 Å². The quantitative estimate of drug-likeness (QED) is 0.815. The highest BCUT2D eigenvalue weighted by Gasteiger charge is 2.37. The topological polar surface area (TPSA) is 52.7 Å². The van der Waals surface area contributed by atoms with Gasteiger partial charge in [0.25, 0.3) is 5.91 Å². The maximum atomic E-state index is 12.2. The first kappa shape index (κ1) is 15.4. The molecule has 2 rings (SSSR count). The van der Waals surface area contributed by atoms with Crippen LogP contribution < -0.4 is 10.2 Å². The number of unbranched alkanes of at least 4 members (excludes halogenated alkanes) is 1. The number of hydrogen-bond acceptors (Lipinski definition) is 4. The summed E-state index contributed by atoms with van der Waals surface area (Å²) in [6, 6.07) is 7.40. The molecule has 0 radical (unpaired) electrons. The van der Waals surface area contributed by atoms with Crippen molar-refractivity contribution in [3.05, 3.63) is 24.3 Å². The second kappa shape index (κ2) is 6.61. The minimum Gasteiger partial charge on any atom is -0.378 e. The van der Waals surface area contributed by atoms with E-state index in [9.17, 15) is 9.59 Å². The zero-order chi connectivity index (χ0) is 15.4. The number of imide groups is 1. The number of benzene rings is 1. The van der Waals surface area contributed by atoms with E-state index in [-0.39, 0.29) is 18.2 Å². The molecule has 1 aliphatic heterocycles. The van der Waals surface area contributed by atoms with E-state index in [1.54, 1.807) is 0 Å². The fourth-order valence-corrected chi connectivity index (χ4v) is 2.40. The highest BCUT2D eigenvalue weighted by molar-refractivity contribution is 6.06. The summed E-state index contributed by atoms with van der Waals surface area (Å²) in [5, 5.41) is 3.16. The van der Waals surface area contributed by atoms with Crippen LogP contribution in [0.1, 0.15) is 26.2 Å². The van der Waals surface area contributed by atoms with Crippen molar-refractivity contribution in [2.45, 2.75) is 32.2 Å². The number of carbonyl (C=O) groups excluding carboxylic acids is 2. The molecule has 0 unspecified atom stereocenters. The molecule has 5 heteroatoms. The van der Waals surface area contributed by atoms with Crippen LogP contribution in [-0.4, -0.2) is 43.4 Å². The lowest BCUT2D eigenvalue weighted by Crippen LogP contribution is -2.35. The summed E-state index contributed by atoms with van der Waals surface area (Å²) in [5.41, 5.74) is 1.96. The highest BCUT2D eigenvalue weighted by Crippen LogP contribution is 2.21. The third-order valence-electron chi connectivity index (χ3n) is 3.70. The van der Waals surface area contributed by atoms with Crippen LogP contribution in [0, 0.1) is 0 Å². The molecule has 1 N–H and O–H groups in total. The maximum Gasteiger partial charge on any atom is 0.252 e. The summed E-state index contributed by atoms with van der Waals surface area (Å²) in [4.78, 5) is 27.5. The minimum absolute atomic E-state index is 0.0733. The standard InChI is InChI=1S/C16H23N3O2/c1-4-5-10-19-15(20)11-14(16(19)21)17-12-6-8-13(9-7-12)18(2)3/h6-9,14,17H,4-5,10-11H2,1-3H3/t14-/m0/s1. The number of anilines is 2. The number of nitrogens with zero attached hydrogens (tertiary/aromatic N) is 2. The van der Waals surface area contributed by atoms with Crippen molar-refractivity contribution < 1.29 is 9.59 Å². The Morgan fingerprint density at radius 2 is 1.90 bits per heavy atom. The summed E-state index contributed by atoms with van der Waals surface area (Å²) in [5.74, 6) is -0.180. The van der Waals surface area contributed by atoms with Gasteiger partial charge in [-0.25, -0.2) is 0 Å². The Bertz CT molecular complexity index is 511. The highest BCUT2D eigenvalue weighted by atomic mass is 16.2. The van der Waals surface area contributed by atoms with Crippen LogP contribution in [0.2, 0.25) is 0 Å². The van der Waals surface area contributed by atoms with Crippen molar-refractivity contribution in [3.63, 3.8) is 0 Å². The molecule has 2 amide bonds. The molecule has 1 aromatic rings. The fourth-order valence-electron chi connectivity index (χ4n) is 2.40. The number of nitrogens with one attached hydrogen (secondary N) is 1. The Labute approximate surface area is 125 Å². The lowest BCUT2D eigenvalue weighted by molar-refractivity contribution is -0.138. The number of carbonyl (C=O) groups is 2. The second-order valence-electron chi connectivity index (χ2n) is 5.58. The summed E-state index contributed by atoms with van der Waals surface area (Å²) in [7, 11) is 3.96. The Morgan fingerprint density at radius 3 is 2.48 bits per heavy atom. The lowest BCUT2D eigenvalue weighted by atomic mass is 10.2. The number of hydrogen-bond donors (Lipinski definition) is 1. The van der Waals surface area contributed by atoms with E-state index < -0.39 is 6.04 Å². The van der Waals surface area contributed by atoms with Crippen LogP contribution in [-0.2, 0) is 9.59 Å². The van der Waals surface area contributed by atoms with E-state index in [4.69, 9.17) is 0 Å². The smallest absolute Gasteiger partial charge is 0.252 e. The van der Waals surface area contributed by atoms with Crippen LogP contribution in [0.15, 0.2) is 24.3 Å². The molecule has 0 aromatic heterocycles. The molecule has 21 heavy (non-hydrogen) atoms. The third-order valence-corrected chi connectivity index (χ3v) is 3.70. The van der Waals surface area contributed by atoms with Gasteiger partial charge in [-0.3, -0.25) is 14.5 Å². The molecular formula is C16H23N3O2. The maximum absolute atomic E-state index is 12.2. The van der Waals surface area contributed by atoms with Crippen molar-refractivity contribution in [1.82, 2.24) is 4.90 Å². The first-order valence-electron chi connectivity index (χ1n) is 7.41. The second-order valence-corrected chi connectivity index (χ2v) is 5.58. The van der Waals surface area contributed by atoms with Crippen LogP contribution in [0.25, 0.3) is 0 Å². The van der Waals surface area contributed by atoms with Gasteiger partial charge in [0.15, 0.2) is 0 Å². The number of rotatable bonds is 6.